The maximum absolute atomic E-state index is 12.5. The van der Waals surface area contributed by atoms with E-state index in [4.69, 9.17) is 4.74 Å². The Balaban J connectivity index is 3.40. The molecule has 0 aliphatic rings. The summed E-state index contributed by atoms with van der Waals surface area (Å²) in [6.45, 7) is 4.92. The van der Waals surface area contributed by atoms with E-state index in [-0.39, 0.29) is 18.5 Å². The molecular formula is C78H147NO5. The summed E-state index contributed by atoms with van der Waals surface area (Å²) in [4.78, 5) is 24.6. The standard InChI is InChI=1S/C78H147NO5/c1-3-5-7-9-11-13-15-17-19-21-23-32-35-38-42-46-50-54-58-62-66-70-76(81)75(74-80)79-77(82)71-67-63-59-55-51-47-43-39-36-33-30-28-26-24-25-27-29-31-34-37-41-45-49-53-57-61-65-69-73-84-78(83)72-68-64-60-56-52-48-44-40-22-20-18-16-14-12-10-8-6-4-2/h14,16,20,22,24-25,66,70,75-76,80-81H,3-13,15,17-19,21,23,26-65,67-69,71-74H2,1-2H3,(H,79,82)/b16-14-,22-20-,25-24-,70-66+. The molecule has 0 rings (SSSR count). The van der Waals surface area contributed by atoms with Crippen LogP contribution in [0.1, 0.15) is 412 Å². The van der Waals surface area contributed by atoms with Crippen LogP contribution in [0, 0.1) is 0 Å². The summed E-state index contributed by atoms with van der Waals surface area (Å²) in [5.74, 6) is -0.0558. The van der Waals surface area contributed by atoms with Gasteiger partial charge in [0.25, 0.3) is 0 Å². The Morgan fingerprint density at radius 3 is 0.929 bits per heavy atom. The number of amides is 1. The summed E-state index contributed by atoms with van der Waals surface area (Å²) in [5.41, 5.74) is 0. The minimum absolute atomic E-state index is 0.00855. The summed E-state index contributed by atoms with van der Waals surface area (Å²) in [7, 11) is 0. The highest BCUT2D eigenvalue weighted by molar-refractivity contribution is 5.76. The summed E-state index contributed by atoms with van der Waals surface area (Å²) in [6.07, 6.45) is 96.3. The lowest BCUT2D eigenvalue weighted by atomic mass is 10.0. The largest absolute Gasteiger partial charge is 0.466 e. The summed E-state index contributed by atoms with van der Waals surface area (Å²) >= 11 is 0. The van der Waals surface area contributed by atoms with Gasteiger partial charge in [-0.25, -0.2) is 0 Å². The van der Waals surface area contributed by atoms with Crippen molar-refractivity contribution in [3.63, 3.8) is 0 Å². The third-order valence-electron chi connectivity index (χ3n) is 17.6. The second-order valence-electron chi connectivity index (χ2n) is 26.0. The molecule has 2 unspecified atom stereocenters. The van der Waals surface area contributed by atoms with E-state index in [1.165, 1.54) is 334 Å². The Bertz CT molecular complexity index is 1400. The minimum atomic E-state index is -0.846. The lowest BCUT2D eigenvalue weighted by Crippen LogP contribution is -2.45. The summed E-state index contributed by atoms with van der Waals surface area (Å²) < 4.78 is 5.50. The molecule has 0 bridgehead atoms. The zero-order valence-corrected chi connectivity index (χ0v) is 56.6. The van der Waals surface area contributed by atoms with Crippen molar-refractivity contribution in [2.24, 2.45) is 0 Å². The predicted molar refractivity (Wildman–Crippen MR) is 370 cm³/mol. The molecule has 0 fully saturated rings. The molecule has 0 aliphatic heterocycles. The Morgan fingerprint density at radius 1 is 0.333 bits per heavy atom. The van der Waals surface area contributed by atoms with E-state index in [9.17, 15) is 19.8 Å². The number of carbonyl (C=O) groups excluding carboxylic acids is 2. The minimum Gasteiger partial charge on any atom is -0.466 e. The number of esters is 1. The van der Waals surface area contributed by atoms with Crippen LogP contribution in [0.2, 0.25) is 0 Å². The molecule has 0 spiro atoms. The number of allylic oxidation sites excluding steroid dienone is 7. The molecule has 0 radical (unpaired) electrons. The molecular weight excluding hydrogens is 1030 g/mol. The summed E-state index contributed by atoms with van der Waals surface area (Å²) in [6, 6.07) is -0.630. The van der Waals surface area contributed by atoms with Gasteiger partial charge in [-0.05, 0) is 89.9 Å². The Hall–Kier alpha value is -2.18. The van der Waals surface area contributed by atoms with E-state index in [1.807, 2.05) is 6.08 Å². The van der Waals surface area contributed by atoms with Crippen LogP contribution in [0.3, 0.4) is 0 Å². The highest BCUT2D eigenvalue weighted by Gasteiger charge is 2.18. The van der Waals surface area contributed by atoms with Gasteiger partial charge in [0.1, 0.15) is 0 Å². The number of carbonyl (C=O) groups is 2. The number of hydrogen-bond acceptors (Lipinski definition) is 5. The fourth-order valence-electron chi connectivity index (χ4n) is 11.8. The van der Waals surface area contributed by atoms with Gasteiger partial charge in [0, 0.05) is 12.8 Å². The van der Waals surface area contributed by atoms with Gasteiger partial charge in [0.05, 0.1) is 25.4 Å². The molecule has 84 heavy (non-hydrogen) atoms. The molecule has 494 valence electrons. The maximum atomic E-state index is 12.5. The van der Waals surface area contributed by atoms with Crippen LogP contribution in [-0.2, 0) is 14.3 Å². The van der Waals surface area contributed by atoms with Crippen molar-refractivity contribution in [1.82, 2.24) is 5.32 Å². The molecule has 0 aromatic heterocycles. The first-order valence-electron chi connectivity index (χ1n) is 37.9. The molecule has 0 aliphatic carbocycles. The van der Waals surface area contributed by atoms with E-state index >= 15 is 0 Å². The van der Waals surface area contributed by atoms with Crippen LogP contribution < -0.4 is 5.32 Å². The van der Waals surface area contributed by atoms with Crippen LogP contribution >= 0.6 is 0 Å². The van der Waals surface area contributed by atoms with Gasteiger partial charge >= 0.3 is 5.97 Å². The fraction of sp³-hybridized carbons (Fsp3) is 0.872. The number of ether oxygens (including phenoxy) is 1. The number of hydrogen-bond donors (Lipinski definition) is 3. The van der Waals surface area contributed by atoms with Gasteiger partial charge in [-0.3, -0.25) is 9.59 Å². The Morgan fingerprint density at radius 2 is 0.595 bits per heavy atom. The van der Waals surface area contributed by atoms with E-state index in [1.54, 1.807) is 6.08 Å². The summed E-state index contributed by atoms with van der Waals surface area (Å²) in [5, 5.41) is 23.3. The first-order valence-corrected chi connectivity index (χ1v) is 37.9. The van der Waals surface area contributed by atoms with Crippen molar-refractivity contribution in [2.45, 2.75) is 424 Å². The monoisotopic (exact) mass is 1180 g/mol. The van der Waals surface area contributed by atoms with Gasteiger partial charge in [-0.15, -0.1) is 0 Å². The quantitative estimate of drug-likeness (QED) is 0.0320. The number of aliphatic hydroxyl groups is 2. The fourth-order valence-corrected chi connectivity index (χ4v) is 11.8. The maximum Gasteiger partial charge on any atom is 0.305 e. The first-order chi connectivity index (χ1) is 41.5. The molecule has 2 atom stereocenters. The molecule has 0 saturated carbocycles. The molecule has 0 aromatic carbocycles. The van der Waals surface area contributed by atoms with Gasteiger partial charge in [0.2, 0.25) is 5.91 Å². The topological polar surface area (TPSA) is 95.9 Å². The highest BCUT2D eigenvalue weighted by atomic mass is 16.5. The van der Waals surface area contributed by atoms with Crippen molar-refractivity contribution in [1.29, 1.82) is 0 Å². The number of nitrogens with one attached hydrogen (secondary N) is 1. The lowest BCUT2D eigenvalue weighted by Gasteiger charge is -2.20. The Kier molecular flexibility index (Phi) is 71.4. The highest BCUT2D eigenvalue weighted by Crippen LogP contribution is 2.19. The third-order valence-corrected chi connectivity index (χ3v) is 17.6. The molecule has 6 heteroatoms. The molecule has 0 aromatic rings. The van der Waals surface area contributed by atoms with Crippen molar-refractivity contribution in [2.75, 3.05) is 13.2 Å². The van der Waals surface area contributed by atoms with Crippen LogP contribution in [0.5, 0.6) is 0 Å². The van der Waals surface area contributed by atoms with Crippen molar-refractivity contribution in [3.05, 3.63) is 48.6 Å². The van der Waals surface area contributed by atoms with Gasteiger partial charge in [-0.1, -0.05) is 358 Å². The van der Waals surface area contributed by atoms with Crippen LogP contribution in [-0.4, -0.2) is 47.4 Å². The first kappa shape index (κ1) is 81.8. The van der Waals surface area contributed by atoms with Crippen molar-refractivity contribution >= 4 is 11.9 Å². The zero-order valence-electron chi connectivity index (χ0n) is 56.6. The zero-order chi connectivity index (χ0) is 60.6. The van der Waals surface area contributed by atoms with Gasteiger partial charge < -0.3 is 20.3 Å². The van der Waals surface area contributed by atoms with E-state index in [0.29, 0.717) is 19.4 Å². The second-order valence-corrected chi connectivity index (χ2v) is 26.0. The molecule has 1 amide bonds. The third kappa shape index (κ3) is 68.9. The normalized spacial score (nSPS) is 12.8. The average molecular weight is 1180 g/mol. The van der Waals surface area contributed by atoms with E-state index < -0.39 is 12.1 Å². The van der Waals surface area contributed by atoms with E-state index in [2.05, 4.69) is 55.6 Å². The molecule has 0 saturated heterocycles. The van der Waals surface area contributed by atoms with Crippen LogP contribution in [0.4, 0.5) is 0 Å². The van der Waals surface area contributed by atoms with Crippen LogP contribution in [0.25, 0.3) is 0 Å². The average Bonchev–Trinajstić information content (AvgIpc) is 3.53. The molecule has 0 heterocycles. The molecule has 6 nitrogen and oxygen atoms in total. The van der Waals surface area contributed by atoms with Crippen LogP contribution in [0.15, 0.2) is 48.6 Å². The van der Waals surface area contributed by atoms with Crippen molar-refractivity contribution in [3.8, 4) is 0 Å². The number of unbranched alkanes of at least 4 members (excludes halogenated alkanes) is 54. The van der Waals surface area contributed by atoms with Gasteiger partial charge in [-0.2, -0.15) is 0 Å². The van der Waals surface area contributed by atoms with E-state index in [0.717, 1.165) is 51.4 Å². The Labute approximate surface area is 525 Å². The SMILES string of the molecule is CCCCCC/C=C\C/C=C\CCCCCCCCCC(=O)OCCCCCCCCCCCCCC/C=C\CCCCCCCCCCCCCCC(=O)NC(CO)C(O)/C=C/CCCCCCCCCCCCCCCCCCCCC. The molecule has 3 N–H and O–H groups in total. The second kappa shape index (κ2) is 73.3. The number of aliphatic hydroxyl groups excluding tert-OH is 2. The smallest absolute Gasteiger partial charge is 0.305 e. The van der Waals surface area contributed by atoms with Gasteiger partial charge in [0.15, 0.2) is 0 Å². The lowest BCUT2D eigenvalue weighted by molar-refractivity contribution is -0.143. The van der Waals surface area contributed by atoms with Crippen molar-refractivity contribution < 1.29 is 24.5 Å². The predicted octanol–water partition coefficient (Wildman–Crippen LogP) is 24.8. The number of rotatable bonds is 71.